The van der Waals surface area contributed by atoms with E-state index in [0.29, 0.717) is 0 Å². The molecule has 0 aliphatic rings. The molecule has 0 aliphatic carbocycles. The van der Waals surface area contributed by atoms with Crippen LogP contribution in [0.4, 0.5) is 0 Å². The van der Waals surface area contributed by atoms with Crippen molar-refractivity contribution < 1.29 is 13.7 Å². The number of rotatable bonds is 9. The van der Waals surface area contributed by atoms with Gasteiger partial charge in [-0.25, -0.2) is 0 Å². The molecule has 0 spiro atoms. The Kier molecular flexibility index (Phi) is 9.19. The summed E-state index contributed by atoms with van der Waals surface area (Å²) in [4.78, 5) is 0. The van der Waals surface area contributed by atoms with E-state index in [-0.39, 0.29) is 6.61 Å². The third-order valence-corrected chi connectivity index (χ3v) is 8.62. The second-order valence-corrected chi connectivity index (χ2v) is 14.2. The average Bonchev–Trinajstić information content (AvgIpc) is 2.26. The lowest BCUT2D eigenvalue weighted by atomic mass is 10.2. The summed E-state index contributed by atoms with van der Waals surface area (Å²) in [6.45, 7) is 8.52. The molecule has 0 aliphatic heterocycles. The molecule has 0 saturated heterocycles. The highest BCUT2D eigenvalue weighted by Crippen LogP contribution is 2.07. The largest absolute Gasteiger partial charge is 0.611 e. The van der Waals surface area contributed by atoms with Crippen molar-refractivity contribution in [1.29, 1.82) is 0 Å². The molecule has 0 aromatic rings. The quantitative estimate of drug-likeness (QED) is 0.661. The molecule has 0 bridgehead atoms. The highest BCUT2D eigenvalue weighted by Gasteiger charge is 2.17. The third kappa shape index (κ3) is 9.13. The minimum absolute atomic E-state index is 0.175. The van der Waals surface area contributed by atoms with Crippen LogP contribution in [0.2, 0.25) is 31.7 Å². The molecule has 0 atom stereocenters. The number of aliphatic hydroxyl groups is 1. The first-order valence-electron chi connectivity index (χ1n) is 6.59. The Labute approximate surface area is 116 Å². The molecule has 0 heterocycles. The molecule has 0 aromatic heterocycles. The highest BCUT2D eigenvalue weighted by atomic mass is 28.4. The van der Waals surface area contributed by atoms with Gasteiger partial charge in [0, 0.05) is 6.61 Å². The molecule has 0 rings (SSSR count). The summed E-state index contributed by atoms with van der Waals surface area (Å²) in [5.74, 6) is 0. The van der Waals surface area contributed by atoms with Gasteiger partial charge < -0.3 is 13.7 Å². The van der Waals surface area contributed by atoms with Crippen LogP contribution in [0.5, 0.6) is 0 Å². The summed E-state index contributed by atoms with van der Waals surface area (Å²) in [5.41, 5.74) is 0. The van der Waals surface area contributed by atoms with Crippen LogP contribution in [0.25, 0.3) is 0 Å². The predicted molar refractivity (Wildman–Crippen MR) is 83.6 cm³/mol. The van der Waals surface area contributed by atoms with Crippen LogP contribution in [0.3, 0.4) is 0 Å². The van der Waals surface area contributed by atoms with Gasteiger partial charge in [-0.15, -0.1) is 0 Å². The standard InChI is InChI=1S/C11H25BO3Si3/c1-5-16(14)10-8-11(7-6-9-13)17(12)15-18(2,3)4/h13H,5-10H2,1-4H3/b17-11+. The van der Waals surface area contributed by atoms with Crippen molar-refractivity contribution in [2.75, 3.05) is 6.61 Å². The molecule has 3 nitrogen and oxygen atoms in total. The summed E-state index contributed by atoms with van der Waals surface area (Å²) < 4.78 is 17.5. The van der Waals surface area contributed by atoms with Crippen LogP contribution in [0.1, 0.15) is 26.2 Å². The molecule has 1 N–H and O–H groups in total. The van der Waals surface area contributed by atoms with Gasteiger partial charge in [-0.05, 0) is 51.0 Å². The van der Waals surface area contributed by atoms with Gasteiger partial charge in [-0.3, -0.25) is 0 Å². The zero-order valence-electron chi connectivity index (χ0n) is 12.1. The fourth-order valence-electron chi connectivity index (χ4n) is 1.53. The molecule has 0 unspecified atom stereocenters. The van der Waals surface area contributed by atoms with Crippen molar-refractivity contribution in [3.05, 3.63) is 0 Å². The van der Waals surface area contributed by atoms with Gasteiger partial charge in [0.15, 0.2) is 0 Å². The van der Waals surface area contributed by atoms with E-state index in [1.807, 2.05) is 6.92 Å². The molecule has 0 amide bonds. The van der Waals surface area contributed by atoms with Crippen LogP contribution < -0.4 is 0 Å². The van der Waals surface area contributed by atoms with Crippen LogP contribution in [-0.2, 0) is 8.58 Å². The SMILES string of the molecule is [B]/[Si](O[Si](C)(C)C)=C(/CCCO)CC[Si](=O)CC. The smallest absolute Gasteiger partial charge is 0.276 e. The van der Waals surface area contributed by atoms with Gasteiger partial charge in [0.1, 0.15) is 16.0 Å². The monoisotopic (exact) mass is 300 g/mol. The van der Waals surface area contributed by atoms with Crippen molar-refractivity contribution in [3.8, 4) is 0 Å². The molecule has 0 aromatic carbocycles. The van der Waals surface area contributed by atoms with E-state index in [4.69, 9.17) is 16.7 Å². The van der Waals surface area contributed by atoms with Crippen molar-refractivity contribution in [3.63, 3.8) is 0 Å². The Bertz CT molecular complexity index is 300. The summed E-state index contributed by atoms with van der Waals surface area (Å²) in [7, 11) is 1.70. The fraction of sp³-hybridized carbons (Fsp3) is 0.909. The van der Waals surface area contributed by atoms with Crippen LogP contribution >= 0.6 is 0 Å². The molecule has 7 heteroatoms. The molecule has 0 fully saturated rings. The topological polar surface area (TPSA) is 46.5 Å². The highest BCUT2D eigenvalue weighted by molar-refractivity contribution is 7.07. The van der Waals surface area contributed by atoms with Crippen LogP contribution in [0, 0.1) is 0 Å². The minimum Gasteiger partial charge on any atom is -0.611 e. The molecular formula is C11H25BO3Si3. The summed E-state index contributed by atoms with van der Waals surface area (Å²) in [5, 5.41) is 10.1. The van der Waals surface area contributed by atoms with E-state index in [1.165, 1.54) is 5.17 Å². The van der Waals surface area contributed by atoms with Gasteiger partial charge in [0.2, 0.25) is 8.32 Å². The lowest BCUT2D eigenvalue weighted by molar-refractivity contribution is 0.291. The van der Waals surface area contributed by atoms with E-state index < -0.39 is 25.5 Å². The Morgan fingerprint density at radius 1 is 1.33 bits per heavy atom. The number of aliphatic hydroxyl groups excluding tert-OH is 1. The first-order valence-corrected chi connectivity index (χ1v) is 13.3. The Balaban J connectivity index is 4.62. The van der Waals surface area contributed by atoms with Crippen molar-refractivity contribution in [2.45, 2.75) is 57.9 Å². The maximum Gasteiger partial charge on any atom is 0.276 e. The van der Waals surface area contributed by atoms with E-state index in [0.717, 1.165) is 31.4 Å². The molecule has 0 saturated carbocycles. The van der Waals surface area contributed by atoms with Crippen molar-refractivity contribution >= 4 is 38.1 Å². The molecule has 18 heavy (non-hydrogen) atoms. The Hall–Kier alpha value is 0.146. The zero-order chi connectivity index (χ0) is 14.2. The second-order valence-electron chi connectivity index (χ2n) is 5.40. The first-order chi connectivity index (χ1) is 8.30. The molecule has 102 valence electrons. The Morgan fingerprint density at radius 3 is 2.39 bits per heavy atom. The average molecular weight is 300 g/mol. The van der Waals surface area contributed by atoms with Crippen LogP contribution in [-0.4, -0.2) is 49.8 Å². The predicted octanol–water partition coefficient (Wildman–Crippen LogP) is 1.85. The van der Waals surface area contributed by atoms with E-state index in [2.05, 4.69) is 19.6 Å². The molecular weight excluding hydrogens is 275 g/mol. The van der Waals surface area contributed by atoms with Gasteiger partial charge in [0.05, 0.1) is 0 Å². The van der Waals surface area contributed by atoms with Gasteiger partial charge >= 0.3 is 0 Å². The Morgan fingerprint density at radius 2 is 1.94 bits per heavy atom. The number of hydrogen-bond acceptors (Lipinski definition) is 3. The van der Waals surface area contributed by atoms with Crippen LogP contribution in [0.15, 0.2) is 0 Å². The molecule has 2 radical (unpaired) electrons. The lowest BCUT2D eigenvalue weighted by Gasteiger charge is -2.23. The third-order valence-electron chi connectivity index (χ3n) is 2.50. The van der Waals surface area contributed by atoms with Gasteiger partial charge in [-0.1, -0.05) is 12.1 Å². The maximum atomic E-state index is 11.6. The zero-order valence-corrected chi connectivity index (χ0v) is 15.1. The van der Waals surface area contributed by atoms with Gasteiger partial charge in [0.25, 0.3) is 8.68 Å². The van der Waals surface area contributed by atoms with E-state index in [9.17, 15) is 4.46 Å². The second kappa shape index (κ2) is 9.11. The van der Waals surface area contributed by atoms with Crippen molar-refractivity contribution in [2.24, 2.45) is 0 Å². The summed E-state index contributed by atoms with van der Waals surface area (Å²) in [6.07, 6.45) is 2.34. The summed E-state index contributed by atoms with van der Waals surface area (Å²) in [6, 6.07) is 1.50. The fourth-order valence-corrected chi connectivity index (χ4v) is 6.73. The normalized spacial score (nSPS) is 13.2. The van der Waals surface area contributed by atoms with Crippen molar-refractivity contribution in [1.82, 2.24) is 0 Å². The van der Waals surface area contributed by atoms with E-state index in [1.54, 1.807) is 0 Å². The minimum atomic E-state index is -1.62. The van der Waals surface area contributed by atoms with Gasteiger partial charge in [-0.2, -0.15) is 0 Å². The van der Waals surface area contributed by atoms with E-state index >= 15 is 0 Å². The summed E-state index contributed by atoms with van der Waals surface area (Å²) >= 11 is 0. The number of hydrogen-bond donors (Lipinski definition) is 1. The first kappa shape index (κ1) is 18.1. The lowest BCUT2D eigenvalue weighted by Crippen LogP contribution is -2.35. The maximum absolute atomic E-state index is 11.6.